The quantitative estimate of drug-likeness (QED) is 0.309. The van der Waals surface area contributed by atoms with Gasteiger partial charge in [0.2, 0.25) is 5.96 Å². The first-order chi connectivity index (χ1) is 6.97. The van der Waals surface area contributed by atoms with Crippen molar-refractivity contribution in [1.82, 2.24) is 4.90 Å². The molecule has 0 spiro atoms. The maximum Gasteiger partial charge on any atom is 0.233 e. The molecule has 0 aliphatic rings. The highest BCUT2D eigenvalue weighted by Gasteiger charge is 2.09. The van der Waals surface area contributed by atoms with Gasteiger partial charge < -0.3 is 15.8 Å². The molecule has 4 heteroatoms. The molecule has 0 aliphatic heterocycles. The second-order valence-electron chi connectivity index (χ2n) is 4.81. The maximum atomic E-state index is 8.66. The number of nitrogens with zero attached hydrogens (tertiary/aromatic N) is 2. The molecular weight excluding hydrogens is 190 g/mol. The van der Waals surface area contributed by atoms with Crippen LogP contribution in [0.3, 0.4) is 0 Å². The van der Waals surface area contributed by atoms with Crippen molar-refractivity contribution in [2.75, 3.05) is 13.1 Å². The zero-order chi connectivity index (χ0) is 11.8. The Bertz CT molecular complexity index is 178. The fraction of sp³-hybridized carbons (Fsp3) is 0.909. The van der Waals surface area contributed by atoms with Gasteiger partial charge in [-0.15, -0.1) is 0 Å². The Kier molecular flexibility index (Phi) is 6.92. The van der Waals surface area contributed by atoms with Crippen LogP contribution in [0.2, 0.25) is 0 Å². The molecular formula is C11H25N3O. The predicted molar refractivity (Wildman–Crippen MR) is 63.9 cm³/mol. The van der Waals surface area contributed by atoms with Crippen LogP contribution in [0.4, 0.5) is 0 Å². The summed E-state index contributed by atoms with van der Waals surface area (Å²) in [5, 5.41) is 11.7. The van der Waals surface area contributed by atoms with Gasteiger partial charge in [-0.1, -0.05) is 32.9 Å². The first-order valence-corrected chi connectivity index (χ1v) is 5.69. The van der Waals surface area contributed by atoms with Crippen molar-refractivity contribution in [2.24, 2.45) is 22.7 Å². The summed E-state index contributed by atoms with van der Waals surface area (Å²) in [6.07, 6.45) is 2.13. The smallest absolute Gasteiger partial charge is 0.233 e. The minimum absolute atomic E-state index is 0.233. The second-order valence-corrected chi connectivity index (χ2v) is 4.81. The van der Waals surface area contributed by atoms with E-state index in [0.717, 1.165) is 25.9 Å². The van der Waals surface area contributed by atoms with Gasteiger partial charge in [-0.05, 0) is 24.7 Å². The van der Waals surface area contributed by atoms with E-state index < -0.39 is 0 Å². The minimum atomic E-state index is 0.233. The van der Waals surface area contributed by atoms with Crippen molar-refractivity contribution in [1.29, 1.82) is 0 Å². The molecule has 0 unspecified atom stereocenters. The van der Waals surface area contributed by atoms with Crippen molar-refractivity contribution in [3.8, 4) is 0 Å². The van der Waals surface area contributed by atoms with Gasteiger partial charge in [-0.25, -0.2) is 0 Å². The van der Waals surface area contributed by atoms with Gasteiger partial charge in [-0.3, -0.25) is 0 Å². The van der Waals surface area contributed by atoms with Gasteiger partial charge >= 0.3 is 0 Å². The zero-order valence-corrected chi connectivity index (χ0v) is 10.4. The van der Waals surface area contributed by atoms with Crippen LogP contribution in [0.25, 0.3) is 0 Å². The predicted octanol–water partition coefficient (Wildman–Crippen LogP) is 2.08. The lowest BCUT2D eigenvalue weighted by molar-refractivity contribution is 0.287. The summed E-state index contributed by atoms with van der Waals surface area (Å²) >= 11 is 0. The molecule has 0 amide bonds. The van der Waals surface area contributed by atoms with Gasteiger partial charge in [0.05, 0.1) is 0 Å². The van der Waals surface area contributed by atoms with Gasteiger partial charge in [0.1, 0.15) is 0 Å². The first-order valence-electron chi connectivity index (χ1n) is 5.69. The summed E-state index contributed by atoms with van der Waals surface area (Å²) in [5.41, 5.74) is 5.62. The number of nitrogens with two attached hydrogens (primary N) is 1. The Hall–Kier alpha value is -0.930. The van der Waals surface area contributed by atoms with E-state index >= 15 is 0 Å². The molecule has 0 heterocycles. The van der Waals surface area contributed by atoms with Crippen LogP contribution >= 0.6 is 0 Å². The molecule has 0 aromatic carbocycles. The maximum absolute atomic E-state index is 8.66. The van der Waals surface area contributed by atoms with Crippen molar-refractivity contribution in [3.63, 3.8) is 0 Å². The molecule has 0 fully saturated rings. The van der Waals surface area contributed by atoms with Crippen LogP contribution < -0.4 is 5.73 Å². The van der Waals surface area contributed by atoms with Gasteiger partial charge in [0, 0.05) is 13.1 Å². The molecule has 0 atom stereocenters. The third kappa shape index (κ3) is 7.05. The fourth-order valence-electron chi connectivity index (χ4n) is 1.23. The van der Waals surface area contributed by atoms with Crippen LogP contribution in [-0.4, -0.2) is 29.2 Å². The molecule has 4 nitrogen and oxygen atoms in total. The topological polar surface area (TPSA) is 61.8 Å². The van der Waals surface area contributed by atoms with E-state index in [1.165, 1.54) is 0 Å². The largest absolute Gasteiger partial charge is 0.408 e. The number of guanidine groups is 1. The monoisotopic (exact) mass is 215 g/mol. The third-order valence-electron chi connectivity index (χ3n) is 2.38. The van der Waals surface area contributed by atoms with E-state index in [2.05, 4.69) is 32.9 Å². The average molecular weight is 215 g/mol. The lowest BCUT2D eigenvalue weighted by atomic mass is 10.1. The third-order valence-corrected chi connectivity index (χ3v) is 2.38. The van der Waals surface area contributed by atoms with E-state index in [4.69, 9.17) is 10.9 Å². The first kappa shape index (κ1) is 14.1. The minimum Gasteiger partial charge on any atom is -0.408 e. The van der Waals surface area contributed by atoms with E-state index in [-0.39, 0.29) is 5.96 Å². The lowest BCUT2D eigenvalue weighted by Gasteiger charge is -2.24. The highest BCUT2D eigenvalue weighted by Crippen LogP contribution is 2.06. The Morgan fingerprint density at radius 2 is 1.53 bits per heavy atom. The fourth-order valence-corrected chi connectivity index (χ4v) is 1.23. The molecule has 0 aromatic rings. The van der Waals surface area contributed by atoms with Crippen molar-refractivity contribution < 1.29 is 5.21 Å². The molecule has 0 rings (SSSR count). The Labute approximate surface area is 93.1 Å². The summed E-state index contributed by atoms with van der Waals surface area (Å²) in [6.45, 7) is 10.4. The number of hydrogen-bond donors (Lipinski definition) is 2. The number of oxime groups is 1. The van der Waals surface area contributed by atoms with Crippen molar-refractivity contribution in [3.05, 3.63) is 0 Å². The molecule has 0 bridgehead atoms. The van der Waals surface area contributed by atoms with Gasteiger partial charge in [-0.2, -0.15) is 0 Å². The Morgan fingerprint density at radius 3 is 1.80 bits per heavy atom. The SMILES string of the molecule is CC(C)CCN(CCC(C)C)/C(N)=N/O. The zero-order valence-electron chi connectivity index (χ0n) is 10.4. The van der Waals surface area contributed by atoms with Crippen LogP contribution in [0.5, 0.6) is 0 Å². The summed E-state index contributed by atoms with van der Waals surface area (Å²) in [6, 6.07) is 0. The van der Waals surface area contributed by atoms with E-state index in [9.17, 15) is 0 Å². The van der Waals surface area contributed by atoms with Crippen molar-refractivity contribution >= 4 is 5.96 Å². The normalized spacial score (nSPS) is 12.5. The summed E-state index contributed by atoms with van der Waals surface area (Å²) in [4.78, 5) is 1.94. The van der Waals surface area contributed by atoms with Gasteiger partial charge in [0.15, 0.2) is 0 Å². The molecule has 0 aromatic heterocycles. The second kappa shape index (κ2) is 7.37. The number of hydrogen-bond acceptors (Lipinski definition) is 2. The standard InChI is InChI=1S/C11H25N3O/c1-9(2)5-7-14(11(12)13-15)8-6-10(3)4/h9-10,15H,5-8H2,1-4H3,(H2,12,13). The summed E-state index contributed by atoms with van der Waals surface area (Å²) in [7, 11) is 0. The molecule has 0 saturated carbocycles. The molecule has 0 radical (unpaired) electrons. The molecule has 0 aliphatic carbocycles. The molecule has 0 saturated heterocycles. The highest BCUT2D eigenvalue weighted by molar-refractivity contribution is 5.77. The Balaban J connectivity index is 4.07. The average Bonchev–Trinajstić information content (AvgIpc) is 2.16. The van der Waals surface area contributed by atoms with Crippen LogP contribution in [0.1, 0.15) is 40.5 Å². The van der Waals surface area contributed by atoms with Crippen LogP contribution in [0, 0.1) is 11.8 Å². The van der Waals surface area contributed by atoms with Crippen LogP contribution in [0.15, 0.2) is 5.16 Å². The van der Waals surface area contributed by atoms with E-state index in [1.54, 1.807) is 0 Å². The number of rotatable bonds is 6. The van der Waals surface area contributed by atoms with Crippen LogP contribution in [-0.2, 0) is 0 Å². The van der Waals surface area contributed by atoms with Crippen molar-refractivity contribution in [2.45, 2.75) is 40.5 Å². The highest BCUT2D eigenvalue weighted by atomic mass is 16.4. The summed E-state index contributed by atoms with van der Waals surface area (Å²) in [5.74, 6) is 1.51. The Morgan fingerprint density at radius 1 is 1.13 bits per heavy atom. The van der Waals surface area contributed by atoms with E-state index in [0.29, 0.717) is 11.8 Å². The van der Waals surface area contributed by atoms with Gasteiger partial charge in [0.25, 0.3) is 0 Å². The molecule has 3 N–H and O–H groups in total. The molecule has 90 valence electrons. The molecule has 15 heavy (non-hydrogen) atoms. The summed E-state index contributed by atoms with van der Waals surface area (Å²) < 4.78 is 0. The lowest BCUT2D eigenvalue weighted by Crippen LogP contribution is -2.39. The van der Waals surface area contributed by atoms with E-state index in [1.807, 2.05) is 4.90 Å².